The highest BCUT2D eigenvalue weighted by atomic mass is 31.2. The van der Waals surface area contributed by atoms with Gasteiger partial charge in [-0.15, -0.1) is 0 Å². The van der Waals surface area contributed by atoms with E-state index in [1.54, 1.807) is 0 Å². The minimum atomic E-state index is -4.74. The van der Waals surface area contributed by atoms with Crippen LogP contribution in [0.5, 0.6) is 0 Å². The van der Waals surface area contributed by atoms with E-state index < -0.39 is 32.5 Å². The van der Waals surface area contributed by atoms with E-state index in [9.17, 15) is 14.2 Å². The van der Waals surface area contributed by atoms with Crippen LogP contribution in [-0.2, 0) is 28.2 Å². The first-order valence-corrected chi connectivity index (χ1v) is 17.8. The molecule has 1 unspecified atom stereocenters. The van der Waals surface area contributed by atoms with Crippen LogP contribution in [-0.4, -0.2) is 41.0 Å². The van der Waals surface area contributed by atoms with Gasteiger partial charge in [-0.3, -0.25) is 14.1 Å². The number of ether oxygens (including phenoxy) is 2. The highest BCUT2D eigenvalue weighted by Crippen LogP contribution is 2.35. The second-order valence-corrected chi connectivity index (χ2v) is 12.0. The predicted octanol–water partition coefficient (Wildman–Crippen LogP) is 9.06. The van der Waals surface area contributed by atoms with Gasteiger partial charge in [0.2, 0.25) is 0 Å². The second kappa shape index (κ2) is 29.3. The number of hydrogen-bond acceptors (Lipinski definition) is 6. The molecule has 0 fully saturated rings. The fourth-order valence-electron chi connectivity index (χ4n) is 4.20. The first-order valence-electron chi connectivity index (χ1n) is 16.3. The Bertz CT molecular complexity index is 787. The predicted molar refractivity (Wildman–Crippen MR) is 170 cm³/mol. The molecule has 0 spiro atoms. The summed E-state index contributed by atoms with van der Waals surface area (Å²) in [5, 5.41) is 0. The van der Waals surface area contributed by atoms with E-state index in [4.69, 9.17) is 19.3 Å². The van der Waals surface area contributed by atoms with E-state index in [0.29, 0.717) is 12.8 Å². The normalized spacial score (nSPS) is 13.0. The molecule has 0 aromatic rings. The van der Waals surface area contributed by atoms with Crippen molar-refractivity contribution >= 4 is 19.8 Å². The lowest BCUT2D eigenvalue weighted by atomic mass is 10.1. The van der Waals surface area contributed by atoms with Gasteiger partial charge in [0, 0.05) is 12.8 Å². The summed E-state index contributed by atoms with van der Waals surface area (Å²) in [6.07, 6.45) is 32.0. The fraction of sp³-hybridized carbons (Fsp3) is 0.758. The summed E-state index contributed by atoms with van der Waals surface area (Å²) in [6, 6.07) is 0. The monoisotopic (exact) mass is 614 g/mol. The van der Waals surface area contributed by atoms with Crippen LogP contribution in [0.15, 0.2) is 36.5 Å². The van der Waals surface area contributed by atoms with Gasteiger partial charge in [-0.25, -0.2) is 4.57 Å². The van der Waals surface area contributed by atoms with Crippen LogP contribution >= 0.6 is 7.82 Å². The minimum absolute atomic E-state index is 0.197. The Morgan fingerprint density at radius 2 is 1.07 bits per heavy atom. The molecule has 0 saturated heterocycles. The Morgan fingerprint density at radius 1 is 0.619 bits per heavy atom. The number of allylic oxidation sites excluding steroid dienone is 6. The van der Waals surface area contributed by atoms with Crippen molar-refractivity contribution in [2.24, 2.45) is 0 Å². The average molecular weight is 615 g/mol. The number of hydrogen-bond donors (Lipinski definition) is 2. The zero-order chi connectivity index (χ0) is 31.2. The van der Waals surface area contributed by atoms with Crippen molar-refractivity contribution in [3.63, 3.8) is 0 Å². The van der Waals surface area contributed by atoms with Crippen LogP contribution in [0.2, 0.25) is 0 Å². The fourth-order valence-corrected chi connectivity index (χ4v) is 4.56. The van der Waals surface area contributed by atoms with Crippen molar-refractivity contribution in [2.45, 2.75) is 148 Å². The molecule has 244 valence electrons. The zero-order valence-electron chi connectivity index (χ0n) is 26.4. The Morgan fingerprint density at radius 3 is 1.64 bits per heavy atom. The first-order chi connectivity index (χ1) is 20.3. The molecule has 9 heteroatoms. The largest absolute Gasteiger partial charge is 0.469 e. The lowest BCUT2D eigenvalue weighted by Crippen LogP contribution is -2.29. The standard InChI is InChI=1S/C33H59O8P/c1-3-5-7-9-10-11-12-13-14-15-16-17-18-19-20-21-22-24-26-28-33(35)41-31(30-40-42(36,37)38)29-39-32(34)27-25-23-8-6-4-2/h10-11,13-14,16-17,31H,3-9,12,15,18-30H2,1-2H3,(H2,36,37,38)/b11-10-,14-13-,17-16-. The molecule has 0 aromatic heterocycles. The number of rotatable bonds is 29. The number of carbonyl (C=O) groups is 2. The number of esters is 2. The lowest BCUT2D eigenvalue weighted by molar-refractivity contribution is -0.161. The zero-order valence-corrected chi connectivity index (χ0v) is 27.3. The van der Waals surface area contributed by atoms with E-state index >= 15 is 0 Å². The van der Waals surface area contributed by atoms with Gasteiger partial charge in [0.05, 0.1) is 6.61 Å². The van der Waals surface area contributed by atoms with Crippen molar-refractivity contribution in [1.82, 2.24) is 0 Å². The molecule has 0 bridgehead atoms. The molecule has 0 saturated carbocycles. The number of phosphoric ester groups is 1. The van der Waals surface area contributed by atoms with Crippen molar-refractivity contribution in [3.8, 4) is 0 Å². The summed E-state index contributed by atoms with van der Waals surface area (Å²) >= 11 is 0. The Balaban J connectivity index is 3.95. The Kier molecular flexibility index (Phi) is 28.1. The molecule has 0 heterocycles. The van der Waals surface area contributed by atoms with Gasteiger partial charge in [-0.05, 0) is 51.4 Å². The van der Waals surface area contributed by atoms with E-state index in [0.717, 1.165) is 77.0 Å². The minimum Gasteiger partial charge on any atom is -0.462 e. The smallest absolute Gasteiger partial charge is 0.462 e. The van der Waals surface area contributed by atoms with Crippen molar-refractivity contribution in [3.05, 3.63) is 36.5 Å². The summed E-state index contributed by atoms with van der Waals surface area (Å²) in [5.41, 5.74) is 0. The molecule has 1 atom stereocenters. The molecule has 0 aliphatic rings. The molecule has 0 aliphatic heterocycles. The summed E-state index contributed by atoms with van der Waals surface area (Å²) in [5.74, 6) is -0.917. The summed E-state index contributed by atoms with van der Waals surface area (Å²) in [7, 11) is -4.74. The van der Waals surface area contributed by atoms with Gasteiger partial charge in [0.15, 0.2) is 6.10 Å². The van der Waals surface area contributed by atoms with Crippen LogP contribution in [0.25, 0.3) is 0 Å². The van der Waals surface area contributed by atoms with Gasteiger partial charge >= 0.3 is 19.8 Å². The lowest BCUT2D eigenvalue weighted by Gasteiger charge is -2.18. The van der Waals surface area contributed by atoms with Crippen LogP contribution < -0.4 is 0 Å². The molecule has 8 nitrogen and oxygen atoms in total. The molecule has 0 aromatic carbocycles. The highest BCUT2D eigenvalue weighted by Gasteiger charge is 2.22. The van der Waals surface area contributed by atoms with Gasteiger partial charge in [-0.1, -0.05) is 115 Å². The van der Waals surface area contributed by atoms with Crippen LogP contribution in [0.4, 0.5) is 0 Å². The molecule has 0 rings (SSSR count). The number of phosphoric acid groups is 1. The van der Waals surface area contributed by atoms with Gasteiger partial charge in [0.1, 0.15) is 6.61 Å². The molecular formula is C33H59O8P. The summed E-state index contributed by atoms with van der Waals surface area (Å²) in [4.78, 5) is 42.2. The molecule has 0 radical (unpaired) electrons. The maximum absolute atomic E-state index is 12.2. The van der Waals surface area contributed by atoms with Gasteiger partial charge < -0.3 is 19.3 Å². The van der Waals surface area contributed by atoms with E-state index in [1.807, 2.05) is 0 Å². The topological polar surface area (TPSA) is 119 Å². The first kappa shape index (κ1) is 40.3. The molecular weight excluding hydrogens is 555 g/mol. The van der Waals surface area contributed by atoms with Crippen LogP contribution in [0, 0.1) is 0 Å². The number of carbonyl (C=O) groups excluding carboxylic acids is 2. The van der Waals surface area contributed by atoms with Crippen LogP contribution in [0.3, 0.4) is 0 Å². The third kappa shape index (κ3) is 31.2. The maximum Gasteiger partial charge on any atom is 0.469 e. The third-order valence-electron chi connectivity index (χ3n) is 6.66. The molecule has 0 amide bonds. The second-order valence-electron chi connectivity index (χ2n) is 10.8. The van der Waals surface area contributed by atoms with Gasteiger partial charge in [-0.2, -0.15) is 0 Å². The van der Waals surface area contributed by atoms with Crippen LogP contribution in [0.1, 0.15) is 142 Å². The Labute approximate surface area is 255 Å². The van der Waals surface area contributed by atoms with E-state index in [-0.39, 0.29) is 19.4 Å². The molecule has 2 N–H and O–H groups in total. The summed E-state index contributed by atoms with van der Waals surface area (Å²) in [6.45, 7) is 3.51. The average Bonchev–Trinajstić information content (AvgIpc) is 2.95. The molecule has 0 aliphatic carbocycles. The maximum atomic E-state index is 12.2. The Hall–Kier alpha value is -1.73. The van der Waals surface area contributed by atoms with E-state index in [1.165, 1.54) is 25.7 Å². The number of unbranched alkanes of at least 4 members (excludes halogenated alkanes) is 13. The van der Waals surface area contributed by atoms with E-state index in [2.05, 4.69) is 54.8 Å². The highest BCUT2D eigenvalue weighted by molar-refractivity contribution is 7.46. The molecule has 42 heavy (non-hydrogen) atoms. The quantitative estimate of drug-likeness (QED) is 0.0371. The van der Waals surface area contributed by atoms with Crippen molar-refractivity contribution in [2.75, 3.05) is 13.2 Å². The SMILES string of the molecule is CCCCC/C=C\C/C=C\C/C=C\CCCCCCCCC(=O)OC(COC(=O)CCCCCCC)COP(=O)(O)O. The van der Waals surface area contributed by atoms with Crippen molar-refractivity contribution in [1.29, 1.82) is 0 Å². The summed E-state index contributed by atoms with van der Waals surface area (Å²) < 4.78 is 26.0. The van der Waals surface area contributed by atoms with Gasteiger partial charge in [0.25, 0.3) is 0 Å². The van der Waals surface area contributed by atoms with Crippen molar-refractivity contribution < 1.29 is 37.9 Å². The third-order valence-corrected chi connectivity index (χ3v) is 7.15.